The Morgan fingerprint density at radius 2 is 1.76 bits per heavy atom. The van der Waals surface area contributed by atoms with Crippen molar-refractivity contribution in [2.24, 2.45) is 11.8 Å². The van der Waals surface area contributed by atoms with Crippen LogP contribution in [0.25, 0.3) is 10.9 Å². The van der Waals surface area contributed by atoms with E-state index in [4.69, 9.17) is 0 Å². The van der Waals surface area contributed by atoms with Crippen molar-refractivity contribution in [2.45, 2.75) is 76.7 Å². The van der Waals surface area contributed by atoms with Crippen molar-refractivity contribution in [3.05, 3.63) is 71.4 Å². The fourth-order valence-electron chi connectivity index (χ4n) is 6.28. The van der Waals surface area contributed by atoms with Crippen molar-refractivity contribution < 1.29 is 13.6 Å². The molecule has 0 amide bonds. The second-order valence-corrected chi connectivity index (χ2v) is 11.2. The number of carbonyl (C=O) groups excluding carboxylic acids is 1. The van der Waals surface area contributed by atoms with E-state index >= 15 is 0 Å². The number of para-hydroxylation sites is 1. The quantitative estimate of drug-likeness (QED) is 0.325. The number of carbonyl (C=O) groups is 1. The van der Waals surface area contributed by atoms with Crippen molar-refractivity contribution in [1.82, 2.24) is 9.88 Å². The Balaban J connectivity index is 0.00000320. The van der Waals surface area contributed by atoms with Crippen LogP contribution in [0.15, 0.2) is 54.7 Å². The number of piperidine rings is 1. The first-order chi connectivity index (χ1) is 17.4. The molecular weight excluding hydrogens is 490 g/mol. The molecule has 1 aromatic heterocycles. The molecule has 2 aliphatic rings. The van der Waals surface area contributed by atoms with E-state index in [1.807, 2.05) is 6.07 Å². The Morgan fingerprint density at radius 3 is 2.49 bits per heavy atom. The molecule has 0 radical (unpaired) electrons. The molecule has 2 heterocycles. The first kappa shape index (κ1) is 27.8. The summed E-state index contributed by atoms with van der Waals surface area (Å²) in [4.78, 5) is 13.4. The van der Waals surface area contributed by atoms with Crippen LogP contribution < -0.4 is 5.32 Å². The molecule has 1 aliphatic carbocycles. The number of nitrogens with zero attached hydrogens (tertiary/aromatic N) is 1. The molecule has 1 saturated carbocycles. The van der Waals surface area contributed by atoms with Crippen molar-refractivity contribution in [3.8, 4) is 0 Å². The summed E-state index contributed by atoms with van der Waals surface area (Å²) in [5.74, 6) is -1.46. The summed E-state index contributed by atoms with van der Waals surface area (Å²) in [5.41, 5.74) is 4.67. The number of alkyl halides is 2. The van der Waals surface area contributed by atoms with Crippen LogP contribution in [0.1, 0.15) is 74.0 Å². The summed E-state index contributed by atoms with van der Waals surface area (Å²) >= 11 is 0. The highest BCUT2D eigenvalue weighted by Crippen LogP contribution is 2.39. The lowest BCUT2D eigenvalue weighted by atomic mass is 9.83. The van der Waals surface area contributed by atoms with Gasteiger partial charge in [-0.15, -0.1) is 12.4 Å². The highest BCUT2D eigenvalue weighted by atomic mass is 35.5. The Kier molecular flexibility index (Phi) is 9.07. The number of hydrogen-bond donors (Lipinski definition) is 1. The zero-order chi connectivity index (χ0) is 25.1. The molecule has 6 heteroatoms. The average molecular weight is 529 g/mol. The summed E-state index contributed by atoms with van der Waals surface area (Å²) in [6.45, 7) is 4.85. The van der Waals surface area contributed by atoms with Crippen molar-refractivity contribution >= 4 is 29.1 Å². The molecule has 200 valence electrons. The van der Waals surface area contributed by atoms with Gasteiger partial charge in [-0.25, -0.2) is 8.78 Å². The van der Waals surface area contributed by atoms with Gasteiger partial charge >= 0.3 is 0 Å². The third-order valence-electron chi connectivity index (χ3n) is 8.34. The van der Waals surface area contributed by atoms with Crippen LogP contribution in [0, 0.1) is 18.8 Å². The van der Waals surface area contributed by atoms with Crippen LogP contribution >= 0.6 is 12.4 Å². The smallest absolute Gasteiger partial charge is 0.248 e. The number of fused-ring (bicyclic) bond motifs is 1. The molecule has 0 spiro atoms. The van der Waals surface area contributed by atoms with Gasteiger partial charge < -0.3 is 9.88 Å². The Hall–Kier alpha value is -2.24. The first-order valence-corrected chi connectivity index (χ1v) is 13.6. The number of Topliss-reactive ketones (excluding diaryl/α,β-unsaturated/α-hetero) is 1. The van der Waals surface area contributed by atoms with Crippen LogP contribution in [0.5, 0.6) is 0 Å². The number of ketones is 1. The molecule has 1 saturated heterocycles. The maximum absolute atomic E-state index is 13.7. The number of nitrogens with one attached hydrogen (secondary N) is 1. The van der Waals surface area contributed by atoms with Crippen molar-refractivity contribution in [3.63, 3.8) is 0 Å². The highest BCUT2D eigenvalue weighted by Gasteiger charge is 2.35. The summed E-state index contributed by atoms with van der Waals surface area (Å²) in [5, 5.41) is 4.56. The Morgan fingerprint density at radius 1 is 1.03 bits per heavy atom. The van der Waals surface area contributed by atoms with E-state index in [9.17, 15) is 13.6 Å². The van der Waals surface area contributed by atoms with Crippen molar-refractivity contribution in [1.29, 1.82) is 0 Å². The van der Waals surface area contributed by atoms with Gasteiger partial charge in [0.25, 0.3) is 0 Å². The molecule has 1 unspecified atom stereocenters. The molecule has 2 aromatic carbocycles. The van der Waals surface area contributed by atoms with Gasteiger partial charge in [0.2, 0.25) is 5.92 Å². The minimum Gasteiger partial charge on any atom is -0.347 e. The normalized spacial score (nSPS) is 19.4. The Bertz CT molecular complexity index is 1190. The predicted octanol–water partition coefficient (Wildman–Crippen LogP) is 7.68. The highest BCUT2D eigenvalue weighted by molar-refractivity contribution is 5.87. The van der Waals surface area contributed by atoms with E-state index in [0.29, 0.717) is 37.4 Å². The predicted molar refractivity (Wildman–Crippen MR) is 149 cm³/mol. The SMILES string of the molecule is Cc1cccc(C(CC(=O)CC2CCNCC2)c2cn(CC3CCC(F)(F)CC3)c3ccccc23)c1.Cl. The van der Waals surface area contributed by atoms with E-state index in [0.717, 1.165) is 38.0 Å². The summed E-state index contributed by atoms with van der Waals surface area (Å²) < 4.78 is 29.8. The number of aryl methyl sites for hydroxylation is 1. The molecule has 5 rings (SSSR count). The molecule has 2 fully saturated rings. The van der Waals surface area contributed by atoms with Gasteiger partial charge in [-0.1, -0.05) is 48.0 Å². The molecule has 1 aliphatic heterocycles. The van der Waals surface area contributed by atoms with Gasteiger partial charge in [0, 0.05) is 55.2 Å². The maximum atomic E-state index is 13.7. The zero-order valence-corrected chi connectivity index (χ0v) is 22.5. The summed E-state index contributed by atoms with van der Waals surface area (Å²) in [6, 6.07) is 16.9. The minimum absolute atomic E-state index is 0. The Labute approximate surface area is 225 Å². The van der Waals surface area contributed by atoms with Gasteiger partial charge in [-0.05, 0) is 74.7 Å². The molecular formula is C31H39ClF2N2O. The molecule has 1 atom stereocenters. The van der Waals surface area contributed by atoms with E-state index in [1.54, 1.807) is 0 Å². The lowest BCUT2D eigenvalue weighted by Gasteiger charge is -2.28. The van der Waals surface area contributed by atoms with Crippen LogP contribution in [-0.4, -0.2) is 29.4 Å². The molecule has 37 heavy (non-hydrogen) atoms. The second-order valence-electron chi connectivity index (χ2n) is 11.2. The minimum atomic E-state index is -2.51. The van der Waals surface area contributed by atoms with Crippen LogP contribution in [0.3, 0.4) is 0 Å². The number of halogens is 3. The van der Waals surface area contributed by atoms with E-state index < -0.39 is 5.92 Å². The summed E-state index contributed by atoms with van der Waals surface area (Å²) in [6.07, 6.45) is 6.59. The van der Waals surface area contributed by atoms with Gasteiger partial charge in [0.05, 0.1) is 0 Å². The van der Waals surface area contributed by atoms with Crippen LogP contribution in [0.2, 0.25) is 0 Å². The number of rotatable bonds is 8. The lowest BCUT2D eigenvalue weighted by Crippen LogP contribution is -2.29. The van der Waals surface area contributed by atoms with Crippen LogP contribution in [0.4, 0.5) is 8.78 Å². The number of benzene rings is 2. The molecule has 3 aromatic rings. The fraction of sp³-hybridized carbons (Fsp3) is 0.516. The second kappa shape index (κ2) is 12.1. The molecule has 1 N–H and O–H groups in total. The van der Waals surface area contributed by atoms with Crippen molar-refractivity contribution in [2.75, 3.05) is 13.1 Å². The van der Waals surface area contributed by atoms with Gasteiger partial charge in [-0.2, -0.15) is 0 Å². The molecule has 0 bridgehead atoms. The van der Waals surface area contributed by atoms with E-state index in [2.05, 4.69) is 65.5 Å². The third-order valence-corrected chi connectivity index (χ3v) is 8.34. The van der Waals surface area contributed by atoms with Gasteiger partial charge in [-0.3, -0.25) is 4.79 Å². The van der Waals surface area contributed by atoms with Crippen LogP contribution in [-0.2, 0) is 11.3 Å². The van der Waals surface area contributed by atoms with Gasteiger partial charge in [0.15, 0.2) is 0 Å². The topological polar surface area (TPSA) is 34.0 Å². The first-order valence-electron chi connectivity index (χ1n) is 13.6. The fourth-order valence-corrected chi connectivity index (χ4v) is 6.28. The standard InChI is InChI=1S/C31H38F2N2O.ClH/c1-22-5-4-6-25(17-22)28(19-26(36)18-23-11-15-34-16-12-23)29-21-35(30-8-3-2-7-27(29)30)20-24-9-13-31(32,33)14-10-24;/h2-8,17,21,23-24,28,34H,9-16,18-20H2,1H3;1H. The molecule has 3 nitrogen and oxygen atoms in total. The lowest BCUT2D eigenvalue weighted by molar-refractivity contribution is -0.120. The number of hydrogen-bond acceptors (Lipinski definition) is 2. The summed E-state index contributed by atoms with van der Waals surface area (Å²) in [7, 11) is 0. The zero-order valence-electron chi connectivity index (χ0n) is 21.7. The maximum Gasteiger partial charge on any atom is 0.248 e. The van der Waals surface area contributed by atoms with E-state index in [1.165, 1.54) is 22.1 Å². The monoisotopic (exact) mass is 528 g/mol. The number of aromatic nitrogens is 1. The average Bonchev–Trinajstić information content (AvgIpc) is 3.22. The largest absolute Gasteiger partial charge is 0.347 e. The van der Waals surface area contributed by atoms with Gasteiger partial charge in [0.1, 0.15) is 5.78 Å². The van der Waals surface area contributed by atoms with E-state index in [-0.39, 0.29) is 37.1 Å². The third kappa shape index (κ3) is 6.80.